The smallest absolute Gasteiger partial charge is 0.358 e. The molecule has 1 N–H and O–H groups in total. The first-order chi connectivity index (χ1) is 8.27. The van der Waals surface area contributed by atoms with Crippen molar-refractivity contribution in [3.8, 4) is 5.69 Å². The molecule has 0 saturated carbocycles. The Kier molecular flexibility index (Phi) is 3.15. The van der Waals surface area contributed by atoms with Gasteiger partial charge in [-0.25, -0.2) is 9.48 Å². The highest BCUT2D eigenvalue weighted by molar-refractivity contribution is 5.89. The van der Waals surface area contributed by atoms with Crippen LogP contribution in [0.4, 0.5) is 0 Å². The predicted octanol–water partition coefficient (Wildman–Crippen LogP) is 0.546. The van der Waals surface area contributed by atoms with E-state index in [4.69, 9.17) is 5.11 Å². The normalized spacial score (nSPS) is 10.2. The second kappa shape index (κ2) is 4.75. The van der Waals surface area contributed by atoms with E-state index in [0.717, 1.165) is 0 Å². The number of nitrogens with zero attached hydrogens (tertiary/aromatic N) is 3. The summed E-state index contributed by atoms with van der Waals surface area (Å²) in [4.78, 5) is 11.6. The number of hydrogen-bond donors (Lipinski definition) is 1. The molecular weight excluding hydrogens is 222 g/mol. The van der Waals surface area contributed by atoms with E-state index in [1.54, 1.807) is 12.1 Å². The summed E-state index contributed by atoms with van der Waals surface area (Å²) in [5, 5.41) is 16.7. The summed E-state index contributed by atoms with van der Waals surface area (Å²) in [5.41, 5.74) is 1.02. The van der Waals surface area contributed by atoms with Crippen molar-refractivity contribution < 1.29 is 14.6 Å². The first kappa shape index (κ1) is 11.3. The van der Waals surface area contributed by atoms with Crippen LogP contribution in [0, 0.1) is 0 Å². The molecule has 0 aliphatic carbocycles. The van der Waals surface area contributed by atoms with E-state index in [0.29, 0.717) is 5.69 Å². The van der Waals surface area contributed by atoms with Crippen LogP contribution in [-0.4, -0.2) is 33.2 Å². The minimum Gasteiger partial charge on any atom is -0.464 e. The van der Waals surface area contributed by atoms with Gasteiger partial charge in [0.2, 0.25) is 0 Å². The van der Waals surface area contributed by atoms with Gasteiger partial charge in [-0.3, -0.25) is 0 Å². The summed E-state index contributed by atoms with van der Waals surface area (Å²) in [6.45, 7) is -0.364. The summed E-state index contributed by atoms with van der Waals surface area (Å²) in [6.07, 6.45) is 0. The van der Waals surface area contributed by atoms with Crippen molar-refractivity contribution in [1.82, 2.24) is 15.0 Å². The van der Waals surface area contributed by atoms with E-state index < -0.39 is 5.97 Å². The molecule has 0 aliphatic heterocycles. The summed E-state index contributed by atoms with van der Waals surface area (Å²) in [7, 11) is 1.27. The molecule has 1 aromatic carbocycles. The van der Waals surface area contributed by atoms with Crippen LogP contribution in [0.2, 0.25) is 0 Å². The Hall–Kier alpha value is -2.21. The number of carbonyl (C=O) groups is 1. The molecule has 6 nitrogen and oxygen atoms in total. The lowest BCUT2D eigenvalue weighted by molar-refractivity contribution is 0.0586. The minimum absolute atomic E-state index is 0.140. The maximum absolute atomic E-state index is 11.6. The van der Waals surface area contributed by atoms with E-state index in [-0.39, 0.29) is 18.0 Å². The number of aromatic nitrogens is 3. The number of methoxy groups -OCH3 is 1. The fourth-order valence-corrected chi connectivity index (χ4v) is 1.47. The molecule has 6 heteroatoms. The van der Waals surface area contributed by atoms with Crippen molar-refractivity contribution in [2.45, 2.75) is 6.61 Å². The third-order valence-electron chi connectivity index (χ3n) is 2.27. The second-order valence-electron chi connectivity index (χ2n) is 3.28. The molecule has 0 aliphatic rings. The van der Waals surface area contributed by atoms with E-state index in [2.05, 4.69) is 15.0 Å². The Balaban J connectivity index is 2.55. The number of ether oxygens (including phenoxy) is 1. The fraction of sp³-hybridized carbons (Fsp3) is 0.182. The molecule has 0 spiro atoms. The Bertz CT molecular complexity index is 522. The summed E-state index contributed by atoms with van der Waals surface area (Å²) >= 11 is 0. The van der Waals surface area contributed by atoms with Crippen molar-refractivity contribution in [2.24, 2.45) is 0 Å². The van der Waals surface area contributed by atoms with Gasteiger partial charge in [-0.2, -0.15) is 0 Å². The van der Waals surface area contributed by atoms with Crippen molar-refractivity contribution in [3.05, 3.63) is 41.7 Å². The van der Waals surface area contributed by atoms with Crippen molar-refractivity contribution >= 4 is 5.97 Å². The van der Waals surface area contributed by atoms with Crippen LogP contribution in [0.5, 0.6) is 0 Å². The van der Waals surface area contributed by atoms with Crippen LogP contribution in [-0.2, 0) is 11.3 Å². The lowest BCUT2D eigenvalue weighted by atomic mass is 10.3. The Labute approximate surface area is 97.4 Å². The van der Waals surface area contributed by atoms with Crippen LogP contribution in [0.25, 0.3) is 5.69 Å². The van der Waals surface area contributed by atoms with E-state index >= 15 is 0 Å². The Morgan fingerprint density at radius 2 is 2.12 bits per heavy atom. The number of aliphatic hydroxyl groups is 1. The Morgan fingerprint density at radius 1 is 1.41 bits per heavy atom. The highest BCUT2D eigenvalue weighted by Gasteiger charge is 2.21. The quantitative estimate of drug-likeness (QED) is 0.783. The van der Waals surface area contributed by atoms with E-state index in [9.17, 15) is 4.79 Å². The number of para-hydroxylation sites is 1. The molecule has 0 bridgehead atoms. The predicted molar refractivity (Wildman–Crippen MR) is 58.6 cm³/mol. The van der Waals surface area contributed by atoms with Gasteiger partial charge in [-0.15, -0.1) is 5.10 Å². The average Bonchev–Trinajstić information content (AvgIpc) is 2.82. The maximum Gasteiger partial charge on any atom is 0.358 e. The highest BCUT2D eigenvalue weighted by atomic mass is 16.5. The van der Waals surface area contributed by atoms with Gasteiger partial charge < -0.3 is 9.84 Å². The van der Waals surface area contributed by atoms with Gasteiger partial charge in [0.1, 0.15) is 5.69 Å². The summed E-state index contributed by atoms with van der Waals surface area (Å²) in [5.74, 6) is -0.581. The van der Waals surface area contributed by atoms with Gasteiger partial charge in [0, 0.05) is 0 Å². The number of esters is 1. The number of aliphatic hydroxyl groups excluding tert-OH is 1. The lowest BCUT2D eigenvalue weighted by Gasteiger charge is -2.04. The molecule has 1 heterocycles. The van der Waals surface area contributed by atoms with Gasteiger partial charge in [-0.1, -0.05) is 23.4 Å². The number of hydrogen-bond acceptors (Lipinski definition) is 5. The summed E-state index contributed by atoms with van der Waals surface area (Å²) < 4.78 is 5.99. The molecule has 0 radical (unpaired) electrons. The lowest BCUT2D eigenvalue weighted by Crippen LogP contribution is -2.12. The van der Waals surface area contributed by atoms with E-state index in [1.807, 2.05) is 18.2 Å². The van der Waals surface area contributed by atoms with Gasteiger partial charge in [0.05, 0.1) is 19.4 Å². The van der Waals surface area contributed by atoms with Crippen LogP contribution in [0.1, 0.15) is 16.2 Å². The van der Waals surface area contributed by atoms with Gasteiger partial charge >= 0.3 is 5.97 Å². The SMILES string of the molecule is COC(=O)c1c(CO)nnn1-c1ccccc1. The van der Waals surface area contributed by atoms with Gasteiger partial charge in [-0.05, 0) is 12.1 Å². The average molecular weight is 233 g/mol. The zero-order valence-corrected chi connectivity index (χ0v) is 9.20. The van der Waals surface area contributed by atoms with Crippen LogP contribution < -0.4 is 0 Å². The third kappa shape index (κ3) is 2.02. The molecule has 0 atom stereocenters. The van der Waals surface area contributed by atoms with Gasteiger partial charge in [0.15, 0.2) is 5.69 Å². The third-order valence-corrected chi connectivity index (χ3v) is 2.27. The molecule has 0 saturated heterocycles. The Morgan fingerprint density at radius 3 is 2.71 bits per heavy atom. The monoisotopic (exact) mass is 233 g/mol. The zero-order valence-electron chi connectivity index (χ0n) is 9.20. The molecule has 88 valence electrons. The van der Waals surface area contributed by atoms with E-state index in [1.165, 1.54) is 11.8 Å². The number of carbonyl (C=O) groups excluding carboxylic acids is 1. The van der Waals surface area contributed by atoms with Crippen molar-refractivity contribution in [1.29, 1.82) is 0 Å². The second-order valence-corrected chi connectivity index (χ2v) is 3.28. The number of rotatable bonds is 3. The molecule has 1 aromatic heterocycles. The molecular formula is C11H11N3O3. The zero-order chi connectivity index (χ0) is 12.3. The standard InChI is InChI=1S/C11H11N3O3/c1-17-11(16)10-9(7-15)12-13-14(10)8-5-3-2-4-6-8/h2-6,15H,7H2,1H3. The number of benzene rings is 1. The summed E-state index contributed by atoms with van der Waals surface area (Å²) in [6, 6.07) is 9.04. The minimum atomic E-state index is -0.581. The fourth-order valence-electron chi connectivity index (χ4n) is 1.47. The maximum atomic E-state index is 11.6. The van der Waals surface area contributed by atoms with Crippen LogP contribution >= 0.6 is 0 Å². The van der Waals surface area contributed by atoms with Crippen LogP contribution in [0.15, 0.2) is 30.3 Å². The van der Waals surface area contributed by atoms with Gasteiger partial charge in [0.25, 0.3) is 0 Å². The molecule has 2 rings (SSSR count). The van der Waals surface area contributed by atoms with Crippen LogP contribution in [0.3, 0.4) is 0 Å². The molecule has 2 aromatic rings. The molecule has 0 fully saturated rings. The first-order valence-corrected chi connectivity index (χ1v) is 4.97. The largest absolute Gasteiger partial charge is 0.464 e. The molecule has 0 amide bonds. The van der Waals surface area contributed by atoms with Crippen molar-refractivity contribution in [3.63, 3.8) is 0 Å². The highest BCUT2D eigenvalue weighted by Crippen LogP contribution is 2.13. The topological polar surface area (TPSA) is 77.2 Å². The van der Waals surface area contributed by atoms with Crippen molar-refractivity contribution in [2.75, 3.05) is 7.11 Å². The molecule has 17 heavy (non-hydrogen) atoms. The first-order valence-electron chi connectivity index (χ1n) is 4.97. The molecule has 0 unspecified atom stereocenters.